The maximum atomic E-state index is 5.43. The fraction of sp³-hybridized carbons (Fsp3) is 0.143. The van der Waals surface area contributed by atoms with Gasteiger partial charge in [0.25, 0.3) is 0 Å². The number of benzene rings is 1. The van der Waals surface area contributed by atoms with Crippen molar-refractivity contribution in [3.8, 4) is 0 Å². The first-order valence-electron chi connectivity index (χ1n) is 6.41. The van der Waals surface area contributed by atoms with Gasteiger partial charge in [-0.1, -0.05) is 28.1 Å². The third-order valence-electron chi connectivity index (χ3n) is 3.18. The number of fused-ring (bicyclic) bond motifs is 1. The molecule has 7 heteroatoms. The fourth-order valence-electron chi connectivity index (χ4n) is 2.07. The largest absolute Gasteiger partial charge is 0.363 e. The van der Waals surface area contributed by atoms with Crippen molar-refractivity contribution in [2.45, 2.75) is 13.0 Å². The van der Waals surface area contributed by atoms with Crippen molar-refractivity contribution in [3.63, 3.8) is 0 Å². The van der Waals surface area contributed by atoms with Gasteiger partial charge in [0.2, 0.25) is 5.95 Å². The Kier molecular flexibility index (Phi) is 4.05. The predicted octanol–water partition coefficient (Wildman–Crippen LogP) is 3.91. The van der Waals surface area contributed by atoms with Gasteiger partial charge in [-0.3, -0.25) is 5.43 Å². The van der Waals surface area contributed by atoms with E-state index in [0.29, 0.717) is 5.95 Å². The third kappa shape index (κ3) is 2.99. The Balaban J connectivity index is 1.93. The minimum absolute atomic E-state index is 0.127. The fourth-order valence-corrected chi connectivity index (χ4v) is 3.10. The normalized spacial score (nSPS) is 12.3. The van der Waals surface area contributed by atoms with Crippen LogP contribution in [-0.4, -0.2) is 9.97 Å². The first-order valence-corrected chi connectivity index (χ1v) is 8.08. The van der Waals surface area contributed by atoms with Gasteiger partial charge in [0.05, 0.1) is 5.39 Å². The molecule has 0 aliphatic rings. The van der Waals surface area contributed by atoms with Crippen LogP contribution < -0.4 is 16.6 Å². The summed E-state index contributed by atoms with van der Waals surface area (Å²) in [6.07, 6.45) is 0. The number of aromatic nitrogens is 2. The summed E-state index contributed by atoms with van der Waals surface area (Å²) in [5, 5.41) is 6.42. The van der Waals surface area contributed by atoms with E-state index in [4.69, 9.17) is 5.84 Å². The zero-order valence-electron chi connectivity index (χ0n) is 11.3. The molecular weight excluding hydrogens is 350 g/mol. The van der Waals surface area contributed by atoms with Crippen molar-refractivity contribution >= 4 is 49.2 Å². The van der Waals surface area contributed by atoms with Crippen molar-refractivity contribution in [1.82, 2.24) is 9.97 Å². The number of nitrogens with one attached hydrogen (secondary N) is 2. The molecule has 21 heavy (non-hydrogen) atoms. The molecule has 0 fully saturated rings. The van der Waals surface area contributed by atoms with Crippen molar-refractivity contribution in [3.05, 3.63) is 45.7 Å². The molecule has 3 rings (SSSR count). The van der Waals surface area contributed by atoms with E-state index in [1.165, 1.54) is 5.56 Å². The molecular formula is C14H14BrN5S. The molecule has 1 aromatic carbocycles. The van der Waals surface area contributed by atoms with Crippen molar-refractivity contribution in [1.29, 1.82) is 0 Å². The number of hydrogen-bond donors (Lipinski definition) is 3. The second-order valence-electron chi connectivity index (χ2n) is 4.60. The minimum atomic E-state index is 0.127. The summed E-state index contributed by atoms with van der Waals surface area (Å²) in [5.74, 6) is 6.63. The van der Waals surface area contributed by atoms with E-state index in [1.54, 1.807) is 11.3 Å². The quantitative estimate of drug-likeness (QED) is 0.483. The van der Waals surface area contributed by atoms with E-state index in [2.05, 4.69) is 55.7 Å². The van der Waals surface area contributed by atoms with Crippen LogP contribution >= 0.6 is 27.3 Å². The summed E-state index contributed by atoms with van der Waals surface area (Å²) in [5.41, 5.74) is 3.69. The number of hydrogen-bond acceptors (Lipinski definition) is 6. The molecule has 0 amide bonds. The van der Waals surface area contributed by atoms with Gasteiger partial charge in [-0.05, 0) is 36.1 Å². The SMILES string of the molecule is CC(Nc1nc(NN)nc2sccc12)c1ccc(Br)cc1. The number of halogens is 1. The van der Waals surface area contributed by atoms with Crippen LogP contribution in [-0.2, 0) is 0 Å². The van der Waals surface area contributed by atoms with Gasteiger partial charge < -0.3 is 5.32 Å². The van der Waals surface area contributed by atoms with Crippen molar-refractivity contribution in [2.75, 3.05) is 10.7 Å². The second-order valence-corrected chi connectivity index (χ2v) is 6.41. The van der Waals surface area contributed by atoms with E-state index in [0.717, 1.165) is 20.5 Å². The monoisotopic (exact) mass is 363 g/mol. The molecule has 1 atom stereocenters. The number of nitrogens with zero attached hydrogens (tertiary/aromatic N) is 2. The zero-order valence-corrected chi connectivity index (χ0v) is 13.7. The Morgan fingerprint density at radius 2 is 1.95 bits per heavy atom. The average Bonchev–Trinajstić information content (AvgIpc) is 2.96. The summed E-state index contributed by atoms with van der Waals surface area (Å²) >= 11 is 5.01. The summed E-state index contributed by atoms with van der Waals surface area (Å²) in [6, 6.07) is 10.4. The first-order chi connectivity index (χ1) is 10.2. The number of hydrazine groups is 1. The lowest BCUT2D eigenvalue weighted by atomic mass is 10.1. The summed E-state index contributed by atoms with van der Waals surface area (Å²) in [4.78, 5) is 9.65. The summed E-state index contributed by atoms with van der Waals surface area (Å²) < 4.78 is 1.07. The van der Waals surface area contributed by atoms with Crippen LogP contribution in [0.4, 0.5) is 11.8 Å². The Morgan fingerprint density at radius 3 is 2.67 bits per heavy atom. The third-order valence-corrected chi connectivity index (χ3v) is 4.51. The molecule has 0 saturated heterocycles. The molecule has 2 aromatic heterocycles. The van der Waals surface area contributed by atoms with Crippen LogP contribution in [0.2, 0.25) is 0 Å². The molecule has 0 aliphatic heterocycles. The van der Waals surface area contributed by atoms with Crippen LogP contribution in [0.25, 0.3) is 10.2 Å². The molecule has 3 aromatic rings. The van der Waals surface area contributed by atoms with Crippen LogP contribution in [0.3, 0.4) is 0 Å². The van der Waals surface area contributed by atoms with Gasteiger partial charge in [0.1, 0.15) is 10.6 Å². The lowest BCUT2D eigenvalue weighted by Gasteiger charge is -2.16. The van der Waals surface area contributed by atoms with E-state index in [1.807, 2.05) is 23.6 Å². The highest BCUT2D eigenvalue weighted by Crippen LogP contribution is 2.29. The summed E-state index contributed by atoms with van der Waals surface area (Å²) in [6.45, 7) is 2.10. The topological polar surface area (TPSA) is 75.9 Å². The smallest absolute Gasteiger partial charge is 0.240 e. The molecule has 0 bridgehead atoms. The molecule has 0 spiro atoms. The van der Waals surface area contributed by atoms with E-state index < -0.39 is 0 Å². The number of rotatable bonds is 4. The maximum absolute atomic E-state index is 5.43. The van der Waals surface area contributed by atoms with Crippen LogP contribution in [0.1, 0.15) is 18.5 Å². The average molecular weight is 364 g/mol. The van der Waals surface area contributed by atoms with Crippen LogP contribution in [0.15, 0.2) is 40.2 Å². The highest BCUT2D eigenvalue weighted by atomic mass is 79.9. The zero-order chi connectivity index (χ0) is 14.8. The van der Waals surface area contributed by atoms with Crippen LogP contribution in [0, 0.1) is 0 Å². The minimum Gasteiger partial charge on any atom is -0.363 e. The summed E-state index contributed by atoms with van der Waals surface area (Å²) in [7, 11) is 0. The highest BCUT2D eigenvalue weighted by molar-refractivity contribution is 9.10. The molecule has 0 radical (unpaired) electrons. The Bertz CT molecular complexity index is 756. The molecule has 5 nitrogen and oxygen atoms in total. The molecule has 0 aliphatic carbocycles. The molecule has 1 unspecified atom stereocenters. The maximum Gasteiger partial charge on any atom is 0.240 e. The molecule has 2 heterocycles. The predicted molar refractivity (Wildman–Crippen MR) is 91.4 cm³/mol. The molecule has 4 N–H and O–H groups in total. The highest BCUT2D eigenvalue weighted by Gasteiger charge is 2.12. The number of thiophene rings is 1. The van der Waals surface area contributed by atoms with Gasteiger partial charge in [0.15, 0.2) is 0 Å². The van der Waals surface area contributed by atoms with E-state index in [9.17, 15) is 0 Å². The van der Waals surface area contributed by atoms with Gasteiger partial charge in [0, 0.05) is 10.5 Å². The standard InChI is InChI=1S/C14H14BrN5S/c1-8(9-2-4-10(15)5-3-9)17-12-11-6-7-21-13(11)19-14(18-12)20-16/h2-8H,16H2,1H3,(H2,17,18,19,20). The van der Waals surface area contributed by atoms with Gasteiger partial charge in [-0.15, -0.1) is 11.3 Å². The first kappa shape index (κ1) is 14.2. The van der Waals surface area contributed by atoms with Gasteiger partial charge in [-0.25, -0.2) is 10.8 Å². The molecule has 0 saturated carbocycles. The second kappa shape index (κ2) is 5.97. The number of nitrogen functional groups attached to an aromatic ring is 1. The number of anilines is 2. The van der Waals surface area contributed by atoms with Gasteiger partial charge in [-0.2, -0.15) is 4.98 Å². The Hall–Kier alpha value is -1.70. The Morgan fingerprint density at radius 1 is 1.19 bits per heavy atom. The van der Waals surface area contributed by atoms with Crippen molar-refractivity contribution < 1.29 is 0 Å². The Labute approximate surface area is 134 Å². The number of nitrogens with two attached hydrogens (primary N) is 1. The van der Waals surface area contributed by atoms with E-state index >= 15 is 0 Å². The van der Waals surface area contributed by atoms with E-state index in [-0.39, 0.29) is 6.04 Å². The lowest BCUT2D eigenvalue weighted by molar-refractivity contribution is 0.876. The molecule has 108 valence electrons. The van der Waals surface area contributed by atoms with Crippen molar-refractivity contribution in [2.24, 2.45) is 5.84 Å². The van der Waals surface area contributed by atoms with Gasteiger partial charge >= 0.3 is 0 Å². The van der Waals surface area contributed by atoms with Crippen LogP contribution in [0.5, 0.6) is 0 Å². The lowest BCUT2D eigenvalue weighted by Crippen LogP contribution is -2.13.